The van der Waals surface area contributed by atoms with Crippen LogP contribution in [-0.2, 0) is 13.1 Å². The Morgan fingerprint density at radius 1 is 1.36 bits per heavy atom. The van der Waals surface area contributed by atoms with E-state index in [-0.39, 0.29) is 0 Å². The van der Waals surface area contributed by atoms with Crippen LogP contribution in [0.15, 0.2) is 6.33 Å². The maximum atomic E-state index is 5.79. The Bertz CT molecular complexity index is 328. The van der Waals surface area contributed by atoms with E-state index in [0.29, 0.717) is 12.1 Å². The first-order valence-electron chi connectivity index (χ1n) is 5.19. The Hall–Kier alpha value is -0.940. The molecule has 0 bridgehead atoms. The molecule has 1 aliphatic carbocycles. The lowest BCUT2D eigenvalue weighted by Crippen LogP contribution is -2.52. The number of rotatable bonds is 1. The lowest BCUT2D eigenvalue weighted by Gasteiger charge is -2.42. The fourth-order valence-corrected chi connectivity index (χ4v) is 2.32. The predicted octanol–water partition coefficient (Wildman–Crippen LogP) is -0.417. The van der Waals surface area contributed by atoms with Crippen LogP contribution in [0.25, 0.3) is 0 Å². The first-order chi connectivity index (χ1) is 6.83. The molecule has 0 aromatic carbocycles. The molecule has 1 aromatic rings. The van der Waals surface area contributed by atoms with E-state index in [0.717, 1.165) is 38.3 Å². The lowest BCUT2D eigenvalue weighted by atomic mass is 9.86. The van der Waals surface area contributed by atoms with Crippen LogP contribution >= 0.6 is 0 Å². The van der Waals surface area contributed by atoms with Gasteiger partial charge in [0.1, 0.15) is 12.2 Å². The van der Waals surface area contributed by atoms with E-state index in [9.17, 15) is 0 Å². The number of hydrogen-bond donors (Lipinski definition) is 1. The molecule has 5 nitrogen and oxygen atoms in total. The van der Waals surface area contributed by atoms with E-state index >= 15 is 0 Å². The molecule has 3 rings (SSSR count). The van der Waals surface area contributed by atoms with Crippen molar-refractivity contribution in [3.63, 3.8) is 0 Å². The topological polar surface area (TPSA) is 60.0 Å². The van der Waals surface area contributed by atoms with Crippen molar-refractivity contribution in [3.05, 3.63) is 12.2 Å². The summed E-state index contributed by atoms with van der Waals surface area (Å²) in [5, 5.41) is 8.02. The van der Waals surface area contributed by atoms with Gasteiger partial charge in [0.25, 0.3) is 0 Å². The first kappa shape index (κ1) is 8.38. The third-order valence-corrected chi connectivity index (χ3v) is 3.33. The Balaban J connectivity index is 1.69. The molecule has 0 radical (unpaired) electrons. The summed E-state index contributed by atoms with van der Waals surface area (Å²) < 4.78 is 2.13. The molecule has 2 N–H and O–H groups in total. The van der Waals surface area contributed by atoms with Crippen LogP contribution in [0.5, 0.6) is 0 Å². The average Bonchev–Trinajstić information content (AvgIpc) is 2.59. The van der Waals surface area contributed by atoms with Crippen LogP contribution in [0.2, 0.25) is 0 Å². The molecule has 2 heterocycles. The smallest absolute Gasteiger partial charge is 0.147 e. The summed E-state index contributed by atoms with van der Waals surface area (Å²) in [7, 11) is 0. The van der Waals surface area contributed by atoms with E-state index in [1.807, 2.05) is 6.33 Å². The van der Waals surface area contributed by atoms with Gasteiger partial charge in [0.15, 0.2) is 0 Å². The van der Waals surface area contributed by atoms with Gasteiger partial charge in [-0.2, -0.15) is 0 Å². The number of fused-ring (bicyclic) bond motifs is 1. The molecule has 1 aromatic heterocycles. The van der Waals surface area contributed by atoms with Crippen molar-refractivity contribution >= 4 is 0 Å². The Labute approximate surface area is 82.9 Å². The molecule has 1 saturated carbocycles. The zero-order valence-corrected chi connectivity index (χ0v) is 8.13. The van der Waals surface area contributed by atoms with Gasteiger partial charge in [-0.3, -0.25) is 4.90 Å². The van der Waals surface area contributed by atoms with E-state index < -0.39 is 0 Å². The molecule has 14 heavy (non-hydrogen) atoms. The number of nitrogens with zero attached hydrogens (tertiary/aromatic N) is 4. The van der Waals surface area contributed by atoms with E-state index in [2.05, 4.69) is 19.7 Å². The highest BCUT2D eigenvalue weighted by Crippen LogP contribution is 2.26. The fraction of sp³-hybridized carbons (Fsp3) is 0.778. The van der Waals surface area contributed by atoms with Gasteiger partial charge in [-0.15, -0.1) is 10.2 Å². The van der Waals surface area contributed by atoms with Crippen molar-refractivity contribution in [3.8, 4) is 0 Å². The second-order valence-electron chi connectivity index (χ2n) is 4.30. The third-order valence-electron chi connectivity index (χ3n) is 3.33. The van der Waals surface area contributed by atoms with Gasteiger partial charge >= 0.3 is 0 Å². The minimum Gasteiger partial charge on any atom is -0.328 e. The van der Waals surface area contributed by atoms with Crippen molar-refractivity contribution in [2.24, 2.45) is 5.73 Å². The van der Waals surface area contributed by atoms with Crippen molar-refractivity contribution < 1.29 is 0 Å². The minimum atomic E-state index is 0.430. The normalized spacial score (nSPS) is 32.4. The number of hydrogen-bond acceptors (Lipinski definition) is 4. The first-order valence-corrected chi connectivity index (χ1v) is 5.19. The van der Waals surface area contributed by atoms with Gasteiger partial charge < -0.3 is 10.3 Å². The zero-order chi connectivity index (χ0) is 9.54. The number of aromatic nitrogens is 3. The molecule has 0 atom stereocenters. The fourth-order valence-electron chi connectivity index (χ4n) is 2.32. The summed E-state index contributed by atoms with van der Waals surface area (Å²) in [6, 6.07) is 1.12. The van der Waals surface area contributed by atoms with Crippen molar-refractivity contribution in [2.45, 2.75) is 38.0 Å². The molecule has 0 saturated heterocycles. The second-order valence-corrected chi connectivity index (χ2v) is 4.30. The second kappa shape index (κ2) is 3.03. The van der Waals surface area contributed by atoms with Crippen LogP contribution < -0.4 is 5.73 Å². The van der Waals surface area contributed by atoms with Gasteiger partial charge in [0.2, 0.25) is 0 Å². The van der Waals surface area contributed by atoms with Crippen LogP contribution in [-0.4, -0.2) is 38.3 Å². The molecule has 0 spiro atoms. The van der Waals surface area contributed by atoms with Crippen molar-refractivity contribution in [1.82, 2.24) is 19.7 Å². The summed E-state index contributed by atoms with van der Waals surface area (Å²) in [5.41, 5.74) is 5.79. The van der Waals surface area contributed by atoms with E-state index in [1.165, 1.54) is 0 Å². The van der Waals surface area contributed by atoms with Crippen LogP contribution in [0, 0.1) is 0 Å². The largest absolute Gasteiger partial charge is 0.328 e. The van der Waals surface area contributed by atoms with Gasteiger partial charge in [0, 0.05) is 25.2 Å². The SMILES string of the molecule is NC1CC(N2CCn3cnnc3C2)C1. The standard InChI is InChI=1S/C9H15N5/c10-7-3-8(4-7)13-1-2-14-6-11-12-9(14)5-13/h6-8H,1-5,10H2. The van der Waals surface area contributed by atoms with Crippen molar-refractivity contribution in [1.29, 1.82) is 0 Å². The Morgan fingerprint density at radius 2 is 2.21 bits per heavy atom. The molecule has 5 heteroatoms. The van der Waals surface area contributed by atoms with Gasteiger partial charge in [-0.1, -0.05) is 0 Å². The quantitative estimate of drug-likeness (QED) is 0.658. The van der Waals surface area contributed by atoms with Crippen LogP contribution in [0.4, 0.5) is 0 Å². The van der Waals surface area contributed by atoms with Gasteiger partial charge in [-0.05, 0) is 12.8 Å². The summed E-state index contributed by atoms with van der Waals surface area (Å²) in [5.74, 6) is 1.09. The average molecular weight is 193 g/mol. The number of nitrogens with two attached hydrogens (primary N) is 1. The monoisotopic (exact) mass is 193 g/mol. The van der Waals surface area contributed by atoms with Crippen LogP contribution in [0.3, 0.4) is 0 Å². The highest BCUT2D eigenvalue weighted by molar-refractivity contribution is 4.96. The molecule has 1 fully saturated rings. The molecule has 76 valence electrons. The van der Waals surface area contributed by atoms with Crippen LogP contribution in [0.1, 0.15) is 18.7 Å². The molecule has 0 unspecified atom stereocenters. The molecule has 1 aliphatic heterocycles. The molecule has 2 aliphatic rings. The summed E-state index contributed by atoms with van der Waals surface area (Å²) >= 11 is 0. The summed E-state index contributed by atoms with van der Waals surface area (Å²) in [6.07, 6.45) is 4.11. The summed E-state index contributed by atoms with van der Waals surface area (Å²) in [6.45, 7) is 3.08. The predicted molar refractivity (Wildman–Crippen MR) is 51.4 cm³/mol. The Morgan fingerprint density at radius 3 is 3.00 bits per heavy atom. The van der Waals surface area contributed by atoms with Gasteiger partial charge in [-0.25, -0.2) is 0 Å². The molecular formula is C9H15N5. The highest BCUT2D eigenvalue weighted by Gasteiger charge is 2.33. The van der Waals surface area contributed by atoms with Gasteiger partial charge in [0.05, 0.1) is 6.54 Å². The minimum absolute atomic E-state index is 0.430. The third kappa shape index (κ3) is 1.24. The Kier molecular flexibility index (Phi) is 1.81. The van der Waals surface area contributed by atoms with E-state index in [4.69, 9.17) is 5.73 Å². The highest BCUT2D eigenvalue weighted by atomic mass is 15.3. The maximum absolute atomic E-state index is 5.79. The lowest BCUT2D eigenvalue weighted by molar-refractivity contribution is 0.0820. The molecule has 0 amide bonds. The van der Waals surface area contributed by atoms with E-state index in [1.54, 1.807) is 0 Å². The molecular weight excluding hydrogens is 178 g/mol. The summed E-state index contributed by atoms with van der Waals surface area (Å²) in [4.78, 5) is 2.48. The zero-order valence-electron chi connectivity index (χ0n) is 8.13. The maximum Gasteiger partial charge on any atom is 0.147 e. The van der Waals surface area contributed by atoms with Crippen molar-refractivity contribution in [2.75, 3.05) is 6.54 Å².